The number of nitrogens with zero attached hydrogens (tertiary/aromatic N) is 1. The van der Waals surface area contributed by atoms with Gasteiger partial charge in [-0.3, -0.25) is 9.78 Å². The van der Waals surface area contributed by atoms with Crippen LogP contribution in [0.2, 0.25) is 5.02 Å². The lowest BCUT2D eigenvalue weighted by molar-refractivity contribution is -0.117. The summed E-state index contributed by atoms with van der Waals surface area (Å²) < 4.78 is 13.8. The summed E-state index contributed by atoms with van der Waals surface area (Å²) in [6.45, 7) is 0. The smallest absolute Gasteiger partial charge is 0.221 e. The number of aryl methyl sites for hydroxylation is 1. The van der Waals surface area contributed by atoms with E-state index in [1.54, 1.807) is 6.07 Å². The van der Waals surface area contributed by atoms with Crippen LogP contribution < -0.4 is 11.1 Å². The Bertz CT molecular complexity index is 1030. The van der Waals surface area contributed by atoms with E-state index >= 15 is 0 Å². The van der Waals surface area contributed by atoms with Crippen LogP contribution in [0.25, 0.3) is 11.3 Å². The second-order valence-corrected chi connectivity index (χ2v) is 7.39. The number of nitrogens with two attached hydrogens (primary N) is 1. The van der Waals surface area contributed by atoms with Gasteiger partial charge in [-0.15, -0.1) is 12.4 Å². The Morgan fingerprint density at radius 1 is 1.14 bits per heavy atom. The third-order valence-electron chi connectivity index (χ3n) is 4.82. The second kappa shape index (κ2) is 8.80. The molecule has 4 rings (SSSR count). The van der Waals surface area contributed by atoms with Crippen LogP contribution in [0.15, 0.2) is 48.5 Å². The third kappa shape index (κ3) is 4.86. The fourth-order valence-electron chi connectivity index (χ4n) is 3.57. The molecule has 1 amide bonds. The number of amides is 1. The first-order valence-corrected chi connectivity index (χ1v) is 9.49. The molecule has 1 heterocycles. The van der Waals surface area contributed by atoms with Crippen LogP contribution in [0.5, 0.6) is 0 Å². The summed E-state index contributed by atoms with van der Waals surface area (Å²) in [5, 5.41) is 3.79. The van der Waals surface area contributed by atoms with Gasteiger partial charge in [-0.05, 0) is 66.8 Å². The summed E-state index contributed by atoms with van der Waals surface area (Å²) >= 11 is 6.02. The number of hydrogen-bond donors (Lipinski definition) is 2. The zero-order valence-corrected chi connectivity index (χ0v) is 17.1. The largest absolute Gasteiger partial charge is 0.369 e. The van der Waals surface area contributed by atoms with Crippen LogP contribution in [0, 0.1) is 5.82 Å². The van der Waals surface area contributed by atoms with E-state index in [1.165, 1.54) is 17.7 Å². The summed E-state index contributed by atoms with van der Waals surface area (Å²) in [4.78, 5) is 15.8. The molecule has 0 radical (unpaired) electrons. The Hall–Kier alpha value is -2.63. The zero-order valence-electron chi connectivity index (χ0n) is 15.5. The predicted molar refractivity (Wildman–Crippen MR) is 117 cm³/mol. The molecule has 0 fully saturated rings. The Labute approximate surface area is 179 Å². The molecule has 150 valence electrons. The number of aromatic nitrogens is 1. The van der Waals surface area contributed by atoms with E-state index in [0.717, 1.165) is 41.9 Å². The number of pyridine rings is 1. The minimum Gasteiger partial charge on any atom is -0.369 e. The van der Waals surface area contributed by atoms with Gasteiger partial charge < -0.3 is 11.1 Å². The van der Waals surface area contributed by atoms with Crippen molar-refractivity contribution in [2.75, 3.05) is 5.32 Å². The number of hydrogen-bond acceptors (Lipinski definition) is 3. The topological polar surface area (TPSA) is 68.0 Å². The summed E-state index contributed by atoms with van der Waals surface area (Å²) in [5.74, 6) is -0.740. The second-order valence-electron chi connectivity index (χ2n) is 6.96. The van der Waals surface area contributed by atoms with Crippen molar-refractivity contribution in [2.45, 2.75) is 25.7 Å². The van der Waals surface area contributed by atoms with Crippen molar-refractivity contribution in [1.82, 2.24) is 4.98 Å². The highest BCUT2D eigenvalue weighted by atomic mass is 35.5. The molecule has 0 saturated heterocycles. The van der Waals surface area contributed by atoms with Crippen molar-refractivity contribution in [3.63, 3.8) is 0 Å². The van der Waals surface area contributed by atoms with E-state index in [0.29, 0.717) is 16.3 Å². The molecule has 3 aromatic rings. The molecule has 7 heteroatoms. The average Bonchev–Trinajstić information content (AvgIpc) is 3.11. The Kier molecular flexibility index (Phi) is 6.40. The third-order valence-corrected chi connectivity index (χ3v) is 5.04. The maximum Gasteiger partial charge on any atom is 0.221 e. The molecule has 0 unspecified atom stereocenters. The Morgan fingerprint density at radius 3 is 2.59 bits per heavy atom. The lowest BCUT2D eigenvalue weighted by Crippen LogP contribution is -2.13. The highest BCUT2D eigenvalue weighted by molar-refractivity contribution is 6.30. The van der Waals surface area contributed by atoms with Crippen LogP contribution in [-0.4, -0.2) is 10.9 Å². The molecule has 0 aliphatic heterocycles. The maximum atomic E-state index is 13.8. The minimum atomic E-state index is -0.385. The van der Waals surface area contributed by atoms with Crippen LogP contribution in [0.3, 0.4) is 0 Å². The van der Waals surface area contributed by atoms with Crippen LogP contribution in [0.1, 0.15) is 23.2 Å². The van der Waals surface area contributed by atoms with Gasteiger partial charge in [0.1, 0.15) is 5.82 Å². The number of carbonyl (C=O) groups is 1. The summed E-state index contributed by atoms with van der Waals surface area (Å²) in [6, 6.07) is 14.0. The molecule has 29 heavy (non-hydrogen) atoms. The normalized spacial score (nSPS) is 12.2. The van der Waals surface area contributed by atoms with Crippen molar-refractivity contribution >= 4 is 41.3 Å². The maximum absolute atomic E-state index is 13.8. The lowest BCUT2D eigenvalue weighted by atomic mass is 10.1. The first-order chi connectivity index (χ1) is 13.5. The predicted octanol–water partition coefficient (Wildman–Crippen LogP) is 5.22. The fourth-order valence-corrected chi connectivity index (χ4v) is 3.79. The molecule has 0 atom stereocenters. The van der Waals surface area contributed by atoms with Gasteiger partial charge in [0.25, 0.3) is 0 Å². The van der Waals surface area contributed by atoms with Gasteiger partial charge in [0.15, 0.2) is 0 Å². The number of anilines is 2. The molecule has 1 aliphatic rings. The highest BCUT2D eigenvalue weighted by Gasteiger charge is 2.19. The van der Waals surface area contributed by atoms with Crippen molar-refractivity contribution in [1.29, 1.82) is 0 Å². The van der Waals surface area contributed by atoms with E-state index in [9.17, 15) is 9.18 Å². The molecular weight excluding hydrogens is 412 g/mol. The quantitative estimate of drug-likeness (QED) is 0.581. The molecular formula is C22H20Cl2FN3O. The van der Waals surface area contributed by atoms with Crippen molar-refractivity contribution < 1.29 is 9.18 Å². The lowest BCUT2D eigenvalue weighted by Gasteiger charge is -2.14. The number of benzene rings is 2. The number of carbonyl (C=O) groups excluding carboxylic acids is 1. The van der Waals surface area contributed by atoms with E-state index in [2.05, 4.69) is 5.32 Å². The standard InChI is InChI=1S/C22H19ClFN3O.ClH/c23-15-9-14(10-16(24)11-15)20-12-21(18-2-1-3-19(18)27-20)26-17-6-4-13(5-7-17)8-22(25)28;/h4-7,9-12H,1-3,8H2,(H2,25,28)(H,26,27);1H. The van der Waals surface area contributed by atoms with Gasteiger partial charge in [-0.25, -0.2) is 4.39 Å². The number of fused-ring (bicyclic) bond motifs is 1. The van der Waals surface area contributed by atoms with Crippen LogP contribution >= 0.6 is 24.0 Å². The van der Waals surface area contributed by atoms with Crippen molar-refractivity contribution in [2.24, 2.45) is 5.73 Å². The van der Waals surface area contributed by atoms with Crippen LogP contribution in [0.4, 0.5) is 15.8 Å². The number of primary amides is 1. The molecule has 0 saturated carbocycles. The molecule has 3 N–H and O–H groups in total. The van der Waals surface area contributed by atoms with E-state index < -0.39 is 0 Å². The van der Waals surface area contributed by atoms with Gasteiger partial charge in [-0.2, -0.15) is 0 Å². The van der Waals surface area contributed by atoms with Crippen LogP contribution in [-0.2, 0) is 24.1 Å². The SMILES string of the molecule is Cl.NC(=O)Cc1ccc(Nc2cc(-c3cc(F)cc(Cl)c3)nc3c2CCC3)cc1. The first-order valence-electron chi connectivity index (χ1n) is 9.11. The van der Waals surface area contributed by atoms with E-state index in [4.69, 9.17) is 22.3 Å². The molecule has 2 aromatic carbocycles. The first kappa shape index (κ1) is 21.1. The molecule has 4 nitrogen and oxygen atoms in total. The van der Waals surface area contributed by atoms with Gasteiger partial charge in [-0.1, -0.05) is 23.7 Å². The van der Waals surface area contributed by atoms with Crippen molar-refractivity contribution in [3.8, 4) is 11.3 Å². The van der Waals surface area contributed by atoms with E-state index in [1.807, 2.05) is 30.3 Å². The number of nitrogens with one attached hydrogen (secondary N) is 1. The number of rotatable bonds is 5. The van der Waals surface area contributed by atoms with Gasteiger partial charge >= 0.3 is 0 Å². The zero-order chi connectivity index (χ0) is 19.7. The monoisotopic (exact) mass is 431 g/mol. The molecule has 1 aliphatic carbocycles. The molecule has 0 bridgehead atoms. The number of halogens is 3. The summed E-state index contributed by atoms with van der Waals surface area (Å²) in [6.07, 6.45) is 3.12. The summed E-state index contributed by atoms with van der Waals surface area (Å²) in [5.41, 5.74) is 11.5. The summed E-state index contributed by atoms with van der Waals surface area (Å²) in [7, 11) is 0. The molecule has 0 spiro atoms. The fraction of sp³-hybridized carbons (Fsp3) is 0.182. The van der Waals surface area contributed by atoms with Crippen molar-refractivity contribution in [3.05, 3.63) is 76.2 Å². The Balaban J connectivity index is 0.00000240. The Morgan fingerprint density at radius 2 is 1.90 bits per heavy atom. The van der Waals surface area contributed by atoms with Gasteiger partial charge in [0.05, 0.1) is 12.1 Å². The highest BCUT2D eigenvalue weighted by Crippen LogP contribution is 2.34. The molecule has 1 aromatic heterocycles. The van der Waals surface area contributed by atoms with E-state index in [-0.39, 0.29) is 30.6 Å². The average molecular weight is 432 g/mol. The van der Waals surface area contributed by atoms with Gasteiger partial charge in [0, 0.05) is 27.7 Å². The minimum absolute atomic E-state index is 0. The van der Waals surface area contributed by atoms with Gasteiger partial charge in [0.2, 0.25) is 5.91 Å².